The van der Waals surface area contributed by atoms with Crippen molar-refractivity contribution < 1.29 is 14.3 Å². The van der Waals surface area contributed by atoms with Crippen LogP contribution in [0.3, 0.4) is 0 Å². The number of hydrogen-bond donors (Lipinski definition) is 1. The number of hydrogen-bond acceptors (Lipinski definition) is 6. The van der Waals surface area contributed by atoms with Gasteiger partial charge in [-0.05, 0) is 37.3 Å². The van der Waals surface area contributed by atoms with E-state index in [9.17, 15) is 4.79 Å². The van der Waals surface area contributed by atoms with Crippen LogP contribution in [-0.2, 0) is 0 Å². The topological polar surface area (TPSA) is 78.3 Å². The molecule has 0 atom stereocenters. The fraction of sp³-hybridized carbons (Fsp3) is 0.136. The van der Waals surface area contributed by atoms with E-state index in [1.807, 2.05) is 55.5 Å². The Hall–Kier alpha value is -3.65. The third kappa shape index (κ3) is 3.90. The molecule has 1 amide bonds. The third-order valence-electron chi connectivity index (χ3n) is 4.48. The summed E-state index contributed by atoms with van der Waals surface area (Å²) >= 11 is 1.32. The van der Waals surface area contributed by atoms with Crippen LogP contribution < -0.4 is 14.8 Å². The zero-order valence-electron chi connectivity index (χ0n) is 16.7. The molecule has 1 N–H and O–H groups in total. The van der Waals surface area contributed by atoms with Crippen molar-refractivity contribution in [3.8, 4) is 27.8 Å². The van der Waals surface area contributed by atoms with Crippen molar-refractivity contribution in [2.24, 2.45) is 0 Å². The van der Waals surface area contributed by atoms with Crippen LogP contribution in [0, 0.1) is 6.92 Å². The predicted octanol–water partition coefficient (Wildman–Crippen LogP) is 4.57. The van der Waals surface area contributed by atoms with Crippen molar-refractivity contribution in [1.82, 2.24) is 14.8 Å². The summed E-state index contributed by atoms with van der Waals surface area (Å²) in [5, 5.41) is 8.00. The van der Waals surface area contributed by atoms with Crippen LogP contribution in [0.4, 0.5) is 5.82 Å². The first-order valence-corrected chi connectivity index (χ1v) is 10.0. The van der Waals surface area contributed by atoms with Crippen molar-refractivity contribution in [3.05, 3.63) is 71.4 Å². The number of benzene rings is 2. The minimum Gasteiger partial charge on any atom is -0.493 e. The lowest BCUT2D eigenvalue weighted by Gasteiger charge is -2.08. The monoisotopic (exact) mass is 420 g/mol. The number of methoxy groups -OCH3 is 2. The van der Waals surface area contributed by atoms with Gasteiger partial charge in [-0.2, -0.15) is 5.10 Å². The number of anilines is 1. The quantitative estimate of drug-likeness (QED) is 0.494. The van der Waals surface area contributed by atoms with Gasteiger partial charge >= 0.3 is 0 Å². The molecule has 8 heteroatoms. The van der Waals surface area contributed by atoms with Crippen molar-refractivity contribution in [3.63, 3.8) is 0 Å². The molecule has 0 aliphatic rings. The first-order valence-electron chi connectivity index (χ1n) is 9.21. The molecular formula is C22H20N4O3S. The van der Waals surface area contributed by atoms with Crippen molar-refractivity contribution in [2.45, 2.75) is 6.92 Å². The molecule has 0 radical (unpaired) electrons. The fourth-order valence-corrected chi connectivity index (χ4v) is 3.95. The molecule has 152 valence electrons. The van der Waals surface area contributed by atoms with Gasteiger partial charge in [-0.3, -0.25) is 4.79 Å². The van der Waals surface area contributed by atoms with E-state index in [0.717, 1.165) is 16.3 Å². The highest BCUT2D eigenvalue weighted by Crippen LogP contribution is 2.35. The smallest absolute Gasteiger partial charge is 0.268 e. The standard InChI is InChI=1S/C22H20N4O3S/c1-14-20(30-22(23-14)15-9-10-17(28-2)18(13-15)29-3)21(27)24-19-11-12-26(25-19)16-7-5-4-6-8-16/h4-13H,1-3H3,(H,24,25,27). The fourth-order valence-electron chi connectivity index (χ4n) is 2.99. The van der Waals surface area contributed by atoms with Crippen LogP contribution in [0.25, 0.3) is 16.3 Å². The molecule has 30 heavy (non-hydrogen) atoms. The first kappa shape index (κ1) is 19.7. The van der Waals surface area contributed by atoms with Crippen LogP contribution in [0.15, 0.2) is 60.8 Å². The lowest BCUT2D eigenvalue weighted by Crippen LogP contribution is -2.12. The molecule has 2 heterocycles. The number of amides is 1. The molecule has 0 fully saturated rings. The van der Waals surface area contributed by atoms with Crippen LogP contribution in [-0.4, -0.2) is 34.9 Å². The Kier molecular flexibility index (Phi) is 5.49. The second-order valence-corrected chi connectivity index (χ2v) is 7.44. The Morgan fingerprint density at radius 1 is 1.03 bits per heavy atom. The van der Waals surface area contributed by atoms with Gasteiger partial charge in [0.25, 0.3) is 5.91 Å². The molecule has 0 saturated carbocycles. The number of rotatable bonds is 6. The van der Waals surface area contributed by atoms with Gasteiger partial charge in [0.1, 0.15) is 9.88 Å². The van der Waals surface area contributed by atoms with Crippen LogP contribution in [0.5, 0.6) is 11.5 Å². The van der Waals surface area contributed by atoms with E-state index in [2.05, 4.69) is 15.4 Å². The van der Waals surface area contributed by atoms with Crippen LogP contribution >= 0.6 is 11.3 Å². The van der Waals surface area contributed by atoms with Crippen molar-refractivity contribution >= 4 is 23.1 Å². The average Bonchev–Trinajstić information content (AvgIpc) is 3.40. The highest BCUT2D eigenvalue weighted by atomic mass is 32.1. The summed E-state index contributed by atoms with van der Waals surface area (Å²) in [4.78, 5) is 17.9. The molecule has 0 spiro atoms. The predicted molar refractivity (Wildman–Crippen MR) is 117 cm³/mol. The summed E-state index contributed by atoms with van der Waals surface area (Å²) in [7, 11) is 3.18. The largest absolute Gasteiger partial charge is 0.493 e. The van der Waals surface area contributed by atoms with Gasteiger partial charge in [0.15, 0.2) is 17.3 Å². The second kappa shape index (κ2) is 8.38. The highest BCUT2D eigenvalue weighted by Gasteiger charge is 2.18. The van der Waals surface area contributed by atoms with E-state index < -0.39 is 0 Å². The molecule has 4 rings (SSSR count). The Bertz CT molecular complexity index is 1180. The molecule has 4 aromatic rings. The third-order valence-corrected chi connectivity index (χ3v) is 5.69. The molecule has 0 unspecified atom stereocenters. The minimum atomic E-state index is -0.241. The maximum atomic E-state index is 12.8. The van der Waals surface area contributed by atoms with E-state index >= 15 is 0 Å². The van der Waals surface area contributed by atoms with Gasteiger partial charge in [0.2, 0.25) is 0 Å². The van der Waals surface area contributed by atoms with Gasteiger partial charge in [-0.1, -0.05) is 18.2 Å². The number of nitrogens with one attached hydrogen (secondary N) is 1. The summed E-state index contributed by atoms with van der Waals surface area (Å²) in [5.41, 5.74) is 2.43. The summed E-state index contributed by atoms with van der Waals surface area (Å²) in [5.74, 6) is 1.49. The maximum Gasteiger partial charge on any atom is 0.268 e. The normalized spacial score (nSPS) is 10.6. The lowest BCUT2D eigenvalue weighted by molar-refractivity contribution is 0.102. The SMILES string of the molecule is COc1ccc(-c2nc(C)c(C(=O)Nc3ccn(-c4ccccc4)n3)s2)cc1OC. The molecule has 7 nitrogen and oxygen atoms in total. The Morgan fingerprint density at radius 2 is 1.80 bits per heavy atom. The Labute approximate surface area is 177 Å². The highest BCUT2D eigenvalue weighted by molar-refractivity contribution is 7.17. The van der Waals surface area contributed by atoms with Crippen molar-refractivity contribution in [2.75, 3.05) is 19.5 Å². The summed E-state index contributed by atoms with van der Waals surface area (Å²) < 4.78 is 12.4. The van der Waals surface area contributed by atoms with E-state index in [1.165, 1.54) is 11.3 Å². The number of carbonyl (C=O) groups excluding carboxylic acids is 1. The first-order chi connectivity index (χ1) is 14.6. The molecule has 2 aromatic carbocycles. The molecule has 0 saturated heterocycles. The van der Waals surface area contributed by atoms with E-state index in [1.54, 1.807) is 31.2 Å². The number of nitrogens with zero attached hydrogens (tertiary/aromatic N) is 3. The van der Waals surface area contributed by atoms with Crippen LogP contribution in [0.1, 0.15) is 15.4 Å². The lowest BCUT2D eigenvalue weighted by atomic mass is 10.2. The zero-order chi connectivity index (χ0) is 21.1. The number of carbonyl (C=O) groups is 1. The minimum absolute atomic E-state index is 0.241. The van der Waals surface area contributed by atoms with Gasteiger partial charge in [0.05, 0.1) is 25.6 Å². The van der Waals surface area contributed by atoms with E-state index in [0.29, 0.717) is 27.9 Å². The zero-order valence-corrected chi connectivity index (χ0v) is 17.6. The molecule has 0 aliphatic carbocycles. The van der Waals surface area contributed by atoms with Gasteiger partial charge < -0.3 is 14.8 Å². The number of aromatic nitrogens is 3. The maximum absolute atomic E-state index is 12.8. The molecule has 0 aliphatic heterocycles. The number of ether oxygens (including phenoxy) is 2. The number of thiazole rings is 1. The van der Waals surface area contributed by atoms with Crippen molar-refractivity contribution in [1.29, 1.82) is 0 Å². The van der Waals surface area contributed by atoms with Crippen LogP contribution in [0.2, 0.25) is 0 Å². The van der Waals surface area contributed by atoms with Gasteiger partial charge in [0, 0.05) is 17.8 Å². The Morgan fingerprint density at radius 3 is 2.53 bits per heavy atom. The second-order valence-electron chi connectivity index (χ2n) is 6.44. The number of aryl methyl sites for hydroxylation is 1. The molecule has 2 aromatic heterocycles. The number of para-hydroxylation sites is 1. The van der Waals surface area contributed by atoms with Gasteiger partial charge in [-0.25, -0.2) is 9.67 Å². The average molecular weight is 420 g/mol. The Balaban J connectivity index is 1.55. The summed E-state index contributed by atoms with van der Waals surface area (Å²) in [6.45, 7) is 1.82. The summed E-state index contributed by atoms with van der Waals surface area (Å²) in [6, 6.07) is 17.0. The molecular weight excluding hydrogens is 400 g/mol. The van der Waals surface area contributed by atoms with E-state index in [4.69, 9.17) is 9.47 Å². The van der Waals surface area contributed by atoms with Gasteiger partial charge in [-0.15, -0.1) is 11.3 Å². The summed E-state index contributed by atoms with van der Waals surface area (Å²) in [6.07, 6.45) is 1.81. The van der Waals surface area contributed by atoms with E-state index in [-0.39, 0.29) is 5.91 Å². The molecule has 0 bridgehead atoms.